The van der Waals surface area contributed by atoms with Crippen molar-refractivity contribution in [3.63, 3.8) is 0 Å². The molecule has 2 aromatic heterocycles. The van der Waals surface area contributed by atoms with Gasteiger partial charge in [-0.1, -0.05) is 48.6 Å². The maximum absolute atomic E-state index is 4.38. The number of rotatable bonds is 4. The molecule has 1 aliphatic rings. The van der Waals surface area contributed by atoms with Gasteiger partial charge in [-0.3, -0.25) is 0 Å². The second kappa shape index (κ2) is 6.08. The highest BCUT2D eigenvalue weighted by atomic mass is 32.1. The first-order chi connectivity index (χ1) is 11.3. The normalized spacial score (nSPS) is 14.0. The summed E-state index contributed by atoms with van der Waals surface area (Å²) in [5.74, 6) is 1.94. The Balaban J connectivity index is 1.57. The van der Waals surface area contributed by atoms with Crippen LogP contribution >= 0.6 is 11.3 Å². The molecule has 0 N–H and O–H groups in total. The third-order valence-corrected chi connectivity index (χ3v) is 5.02. The van der Waals surface area contributed by atoms with Crippen molar-refractivity contribution < 1.29 is 0 Å². The third kappa shape index (κ3) is 2.72. The highest BCUT2D eigenvalue weighted by Crippen LogP contribution is 2.27. The molecule has 0 amide bonds. The van der Waals surface area contributed by atoms with Gasteiger partial charge in [0.2, 0.25) is 5.13 Å². The molecule has 0 spiro atoms. The number of hydrogen-bond acceptors (Lipinski definition) is 6. The lowest BCUT2D eigenvalue weighted by atomic mass is 10.2. The van der Waals surface area contributed by atoms with Gasteiger partial charge in [0.1, 0.15) is 5.01 Å². The van der Waals surface area contributed by atoms with Gasteiger partial charge in [-0.25, -0.2) is 0 Å². The maximum atomic E-state index is 4.38. The summed E-state index contributed by atoms with van der Waals surface area (Å²) in [7, 11) is 0. The largest absolute Gasteiger partial charge is 0.337 e. The van der Waals surface area contributed by atoms with Crippen molar-refractivity contribution in [3.8, 4) is 11.4 Å². The minimum Gasteiger partial charge on any atom is -0.337 e. The van der Waals surface area contributed by atoms with Gasteiger partial charge in [0.25, 0.3) is 0 Å². The summed E-state index contributed by atoms with van der Waals surface area (Å²) in [6, 6.07) is 10.2. The summed E-state index contributed by atoms with van der Waals surface area (Å²) >= 11 is 1.69. The van der Waals surface area contributed by atoms with Crippen molar-refractivity contribution in [2.45, 2.75) is 32.9 Å². The Labute approximate surface area is 138 Å². The Kier molecular flexibility index (Phi) is 3.78. The van der Waals surface area contributed by atoms with E-state index in [0.717, 1.165) is 59.8 Å². The first-order valence-corrected chi connectivity index (χ1v) is 8.71. The van der Waals surface area contributed by atoms with Gasteiger partial charge in [-0.2, -0.15) is 0 Å². The molecule has 4 rings (SSSR count). The molecular weight excluding hydrogens is 308 g/mol. The zero-order valence-corrected chi connectivity index (χ0v) is 13.8. The molecule has 0 atom stereocenters. The van der Waals surface area contributed by atoms with Gasteiger partial charge in [-0.15, -0.1) is 20.4 Å². The van der Waals surface area contributed by atoms with Crippen LogP contribution in [-0.4, -0.2) is 31.5 Å². The van der Waals surface area contributed by atoms with Crippen molar-refractivity contribution in [3.05, 3.63) is 41.2 Å². The average Bonchev–Trinajstić information content (AvgIpc) is 3.22. The number of fused-ring (bicyclic) bond motifs is 1. The number of benzene rings is 1. The fraction of sp³-hybridized carbons (Fsp3) is 0.375. The minimum absolute atomic E-state index is 0.737. The standard InChI is InChI=1S/C16H18N6S/c1-2-6-14-18-20-16(23-14)21-9-10-22-13(11-21)17-19-15(22)12-7-4-3-5-8-12/h3-5,7-8H,2,6,9-11H2,1H3. The predicted octanol–water partition coefficient (Wildman–Crippen LogP) is 2.77. The molecule has 0 aliphatic carbocycles. The second-order valence-corrected chi connectivity index (χ2v) is 6.65. The van der Waals surface area contributed by atoms with Gasteiger partial charge in [0.15, 0.2) is 11.6 Å². The summed E-state index contributed by atoms with van der Waals surface area (Å²) in [4.78, 5) is 2.25. The molecule has 0 fully saturated rings. The van der Waals surface area contributed by atoms with E-state index in [-0.39, 0.29) is 0 Å². The lowest BCUT2D eigenvalue weighted by Crippen LogP contribution is -2.34. The first kappa shape index (κ1) is 14.3. The monoisotopic (exact) mass is 326 g/mol. The molecule has 0 unspecified atom stereocenters. The van der Waals surface area contributed by atoms with Crippen molar-refractivity contribution in [1.82, 2.24) is 25.0 Å². The maximum Gasteiger partial charge on any atom is 0.208 e. The Hall–Kier alpha value is -2.28. The fourth-order valence-corrected chi connectivity index (χ4v) is 3.77. The Morgan fingerprint density at radius 2 is 1.91 bits per heavy atom. The third-order valence-electron chi connectivity index (χ3n) is 3.98. The molecule has 3 aromatic rings. The molecule has 3 heterocycles. The van der Waals surface area contributed by atoms with Crippen LogP contribution in [0.4, 0.5) is 5.13 Å². The van der Waals surface area contributed by atoms with Gasteiger partial charge in [0, 0.05) is 25.1 Å². The summed E-state index contributed by atoms with van der Waals surface area (Å²) in [6.07, 6.45) is 2.10. The molecule has 0 saturated carbocycles. The van der Waals surface area contributed by atoms with Crippen LogP contribution in [0.1, 0.15) is 24.2 Å². The number of aryl methyl sites for hydroxylation is 1. The summed E-state index contributed by atoms with van der Waals surface area (Å²) < 4.78 is 2.21. The summed E-state index contributed by atoms with van der Waals surface area (Å²) in [5, 5.41) is 19.5. The molecule has 1 aromatic carbocycles. The zero-order valence-electron chi connectivity index (χ0n) is 13.0. The topological polar surface area (TPSA) is 59.7 Å². The van der Waals surface area contributed by atoms with E-state index in [4.69, 9.17) is 0 Å². The van der Waals surface area contributed by atoms with Crippen LogP contribution in [0.5, 0.6) is 0 Å². The predicted molar refractivity (Wildman–Crippen MR) is 90.4 cm³/mol. The molecule has 23 heavy (non-hydrogen) atoms. The average molecular weight is 326 g/mol. The molecule has 6 nitrogen and oxygen atoms in total. The van der Waals surface area contributed by atoms with Crippen LogP contribution in [0, 0.1) is 0 Å². The minimum atomic E-state index is 0.737. The van der Waals surface area contributed by atoms with Crippen LogP contribution in [-0.2, 0) is 19.5 Å². The summed E-state index contributed by atoms with van der Waals surface area (Å²) in [5.41, 5.74) is 1.11. The molecule has 118 valence electrons. The lowest BCUT2D eigenvalue weighted by molar-refractivity contribution is 0.561. The van der Waals surface area contributed by atoms with Crippen LogP contribution in [0.25, 0.3) is 11.4 Å². The van der Waals surface area contributed by atoms with Crippen molar-refractivity contribution >= 4 is 16.5 Å². The van der Waals surface area contributed by atoms with Gasteiger partial charge < -0.3 is 9.47 Å². The zero-order chi connectivity index (χ0) is 15.6. The van der Waals surface area contributed by atoms with E-state index in [1.165, 1.54) is 0 Å². The van der Waals surface area contributed by atoms with Crippen molar-refractivity contribution in [1.29, 1.82) is 0 Å². The van der Waals surface area contributed by atoms with E-state index in [1.54, 1.807) is 11.3 Å². The number of hydrogen-bond donors (Lipinski definition) is 0. The van der Waals surface area contributed by atoms with Crippen LogP contribution in [0.2, 0.25) is 0 Å². The molecule has 0 radical (unpaired) electrons. The Bertz CT molecular complexity index is 794. The second-order valence-electron chi connectivity index (χ2n) is 5.61. The lowest BCUT2D eigenvalue weighted by Gasteiger charge is -2.26. The smallest absolute Gasteiger partial charge is 0.208 e. The number of aromatic nitrogens is 5. The Morgan fingerprint density at radius 3 is 2.74 bits per heavy atom. The molecular formula is C16H18N6S. The van der Waals surface area contributed by atoms with E-state index >= 15 is 0 Å². The molecule has 7 heteroatoms. The van der Waals surface area contributed by atoms with Crippen molar-refractivity contribution in [2.75, 3.05) is 11.4 Å². The quantitative estimate of drug-likeness (QED) is 0.738. The number of anilines is 1. The Morgan fingerprint density at radius 1 is 1.04 bits per heavy atom. The van der Waals surface area contributed by atoms with Crippen LogP contribution < -0.4 is 4.90 Å². The molecule has 1 aliphatic heterocycles. The van der Waals surface area contributed by atoms with Crippen molar-refractivity contribution in [2.24, 2.45) is 0 Å². The van der Waals surface area contributed by atoms with E-state index in [1.807, 2.05) is 18.2 Å². The van der Waals surface area contributed by atoms with Crippen LogP contribution in [0.15, 0.2) is 30.3 Å². The van der Waals surface area contributed by atoms with Gasteiger partial charge in [0.05, 0.1) is 6.54 Å². The first-order valence-electron chi connectivity index (χ1n) is 7.90. The fourth-order valence-electron chi connectivity index (χ4n) is 2.81. The highest BCUT2D eigenvalue weighted by molar-refractivity contribution is 7.15. The highest BCUT2D eigenvalue weighted by Gasteiger charge is 2.24. The van der Waals surface area contributed by atoms with Gasteiger partial charge >= 0.3 is 0 Å². The number of nitrogens with zero attached hydrogens (tertiary/aromatic N) is 6. The van der Waals surface area contributed by atoms with Gasteiger partial charge in [-0.05, 0) is 6.42 Å². The van der Waals surface area contributed by atoms with E-state index in [0.29, 0.717) is 0 Å². The van der Waals surface area contributed by atoms with E-state index in [2.05, 4.69) is 48.9 Å². The molecule has 0 saturated heterocycles. The molecule has 0 bridgehead atoms. The summed E-state index contributed by atoms with van der Waals surface area (Å²) in [6.45, 7) is 4.68. The van der Waals surface area contributed by atoms with E-state index < -0.39 is 0 Å². The SMILES string of the molecule is CCCc1nnc(N2CCn3c(nnc3-c3ccccc3)C2)s1. The van der Waals surface area contributed by atoms with E-state index in [9.17, 15) is 0 Å². The van der Waals surface area contributed by atoms with Crippen LogP contribution in [0.3, 0.4) is 0 Å².